The van der Waals surface area contributed by atoms with E-state index in [9.17, 15) is 9.59 Å². The third-order valence-corrected chi connectivity index (χ3v) is 8.15. The number of hydrogen-bond acceptors (Lipinski definition) is 7. The Labute approximate surface area is 213 Å². The van der Waals surface area contributed by atoms with Crippen molar-refractivity contribution in [3.63, 3.8) is 0 Å². The smallest absolute Gasteiger partial charge is 0.411 e. The number of nitrogens with zero attached hydrogens (tertiary/aromatic N) is 3. The normalized spacial score (nSPS) is 24.0. The Morgan fingerprint density at radius 3 is 2.40 bits per heavy atom. The molecule has 0 aromatic heterocycles. The van der Waals surface area contributed by atoms with Gasteiger partial charge in [-0.05, 0) is 70.7 Å². The van der Waals surface area contributed by atoms with Gasteiger partial charge in [-0.15, -0.1) is 11.8 Å². The van der Waals surface area contributed by atoms with E-state index in [2.05, 4.69) is 11.0 Å². The fourth-order valence-electron chi connectivity index (χ4n) is 5.36. The van der Waals surface area contributed by atoms with Crippen molar-refractivity contribution in [1.29, 1.82) is 0 Å². The molecule has 9 heteroatoms. The van der Waals surface area contributed by atoms with Gasteiger partial charge in [0.25, 0.3) is 0 Å². The van der Waals surface area contributed by atoms with Crippen molar-refractivity contribution in [1.82, 2.24) is 14.7 Å². The Morgan fingerprint density at radius 2 is 1.80 bits per heavy atom. The first-order valence-electron chi connectivity index (χ1n) is 12.5. The van der Waals surface area contributed by atoms with E-state index in [0.717, 1.165) is 49.7 Å². The summed E-state index contributed by atoms with van der Waals surface area (Å²) < 4.78 is 16.7. The Morgan fingerprint density at radius 1 is 1.06 bits per heavy atom. The van der Waals surface area contributed by atoms with Crippen molar-refractivity contribution in [3.8, 4) is 11.5 Å². The van der Waals surface area contributed by atoms with Crippen LogP contribution in [0.3, 0.4) is 0 Å². The van der Waals surface area contributed by atoms with Crippen molar-refractivity contribution in [3.05, 3.63) is 23.8 Å². The molecule has 35 heavy (non-hydrogen) atoms. The predicted octanol–water partition coefficient (Wildman–Crippen LogP) is 3.79. The van der Waals surface area contributed by atoms with Crippen LogP contribution in [0.5, 0.6) is 11.5 Å². The number of hydrogen-bond donors (Lipinski definition) is 0. The number of rotatable bonds is 5. The van der Waals surface area contributed by atoms with E-state index in [-0.39, 0.29) is 18.0 Å². The molecule has 0 unspecified atom stereocenters. The molecule has 0 bridgehead atoms. The third-order valence-electron chi connectivity index (χ3n) is 7.18. The molecule has 0 aliphatic carbocycles. The van der Waals surface area contributed by atoms with Gasteiger partial charge in [-0.2, -0.15) is 0 Å². The second-order valence-electron chi connectivity index (χ2n) is 10.6. The summed E-state index contributed by atoms with van der Waals surface area (Å²) in [6.07, 6.45) is 2.29. The van der Waals surface area contributed by atoms with E-state index in [4.69, 9.17) is 14.2 Å². The van der Waals surface area contributed by atoms with Crippen LogP contribution in [0.25, 0.3) is 0 Å². The van der Waals surface area contributed by atoms with Crippen molar-refractivity contribution >= 4 is 23.8 Å². The molecule has 3 saturated heterocycles. The fraction of sp³-hybridized carbons (Fsp3) is 0.692. The molecule has 8 nitrogen and oxygen atoms in total. The van der Waals surface area contributed by atoms with Crippen LogP contribution in [-0.2, 0) is 9.53 Å². The van der Waals surface area contributed by atoms with E-state index in [0.29, 0.717) is 24.8 Å². The van der Waals surface area contributed by atoms with Gasteiger partial charge < -0.3 is 19.1 Å². The molecular weight excluding hydrogens is 466 g/mol. The molecule has 3 fully saturated rings. The maximum Gasteiger partial charge on any atom is 0.411 e. The summed E-state index contributed by atoms with van der Waals surface area (Å²) in [6.45, 7) is 8.73. The first-order chi connectivity index (χ1) is 16.7. The molecule has 0 spiro atoms. The average Bonchev–Trinajstić information content (AvgIpc) is 3.53. The topological polar surface area (TPSA) is 71.6 Å². The van der Waals surface area contributed by atoms with Crippen molar-refractivity contribution < 1.29 is 23.8 Å². The summed E-state index contributed by atoms with van der Waals surface area (Å²) in [5.41, 5.74) is 0.622. The zero-order valence-corrected chi connectivity index (χ0v) is 22.4. The Kier molecular flexibility index (Phi) is 8.06. The minimum absolute atomic E-state index is 0.0567. The number of carbonyl (C=O) groups excluding carboxylic acids is 2. The Bertz CT molecular complexity index is 907. The van der Waals surface area contributed by atoms with Gasteiger partial charge in [0.05, 0.1) is 20.1 Å². The minimum Gasteiger partial charge on any atom is -0.497 e. The molecule has 2 amide bonds. The lowest BCUT2D eigenvalue weighted by molar-refractivity contribution is -0.134. The quantitative estimate of drug-likeness (QED) is 0.603. The molecule has 0 saturated carbocycles. The van der Waals surface area contributed by atoms with Crippen LogP contribution < -0.4 is 9.47 Å². The first kappa shape index (κ1) is 25.9. The zero-order valence-electron chi connectivity index (χ0n) is 21.6. The van der Waals surface area contributed by atoms with Crippen LogP contribution in [0.1, 0.15) is 51.5 Å². The second-order valence-corrected chi connectivity index (χ2v) is 11.7. The number of benzene rings is 1. The zero-order chi connectivity index (χ0) is 25.2. The van der Waals surface area contributed by atoms with Gasteiger partial charge >= 0.3 is 6.09 Å². The van der Waals surface area contributed by atoms with Gasteiger partial charge in [0.15, 0.2) is 0 Å². The van der Waals surface area contributed by atoms with Crippen molar-refractivity contribution in [2.75, 3.05) is 52.0 Å². The van der Waals surface area contributed by atoms with E-state index < -0.39 is 11.6 Å². The lowest BCUT2D eigenvalue weighted by atomic mass is 9.88. The van der Waals surface area contributed by atoms with Crippen LogP contribution in [0.15, 0.2) is 18.2 Å². The number of ether oxygens (including phenoxy) is 3. The average molecular weight is 506 g/mol. The molecule has 0 radical (unpaired) electrons. The van der Waals surface area contributed by atoms with Crippen LogP contribution in [-0.4, -0.2) is 96.4 Å². The molecule has 194 valence electrons. The SMILES string of the molecule is COc1ccc(C2CCN([C@H]3C[C@@H](C(=O)N4CCSC4)N(C(=O)OC(C)(C)C)C3)CC2)c(OC)c1. The summed E-state index contributed by atoms with van der Waals surface area (Å²) >= 11 is 1.76. The van der Waals surface area contributed by atoms with Gasteiger partial charge in [-0.3, -0.25) is 14.6 Å². The highest BCUT2D eigenvalue weighted by molar-refractivity contribution is 7.99. The molecule has 3 aliphatic rings. The molecule has 0 N–H and O–H groups in total. The van der Waals surface area contributed by atoms with E-state index in [1.54, 1.807) is 30.9 Å². The summed E-state index contributed by atoms with van der Waals surface area (Å²) in [5, 5.41) is 0. The first-order valence-corrected chi connectivity index (χ1v) is 13.7. The highest BCUT2D eigenvalue weighted by atomic mass is 32.2. The van der Waals surface area contributed by atoms with E-state index in [1.165, 1.54) is 5.56 Å². The summed E-state index contributed by atoms with van der Waals surface area (Å²) in [5.74, 6) is 3.79. The third kappa shape index (κ3) is 6.00. The maximum atomic E-state index is 13.3. The lowest BCUT2D eigenvalue weighted by Crippen LogP contribution is -2.48. The number of amides is 2. The van der Waals surface area contributed by atoms with Crippen LogP contribution >= 0.6 is 11.8 Å². The van der Waals surface area contributed by atoms with Crippen LogP contribution in [0.2, 0.25) is 0 Å². The van der Waals surface area contributed by atoms with Crippen LogP contribution in [0, 0.1) is 0 Å². The monoisotopic (exact) mass is 505 g/mol. The standard InChI is InChI=1S/C26H39N3O5S/c1-26(2,3)34-25(31)29-16-19(14-22(29)24(30)28-12-13-35-17-28)27-10-8-18(9-11-27)21-7-6-20(32-4)15-23(21)33-5/h6-7,15,18-19,22H,8-14,16-17H2,1-5H3/t19-,22-/m0/s1. The molecular formula is C26H39N3O5S. The highest BCUT2D eigenvalue weighted by Gasteiger charge is 2.45. The number of piperidine rings is 1. The van der Waals surface area contributed by atoms with Gasteiger partial charge in [0.2, 0.25) is 5.91 Å². The van der Waals surface area contributed by atoms with Gasteiger partial charge in [0.1, 0.15) is 23.1 Å². The summed E-state index contributed by atoms with van der Waals surface area (Å²) in [7, 11) is 3.36. The van der Waals surface area contributed by atoms with Gasteiger partial charge in [-0.1, -0.05) is 6.07 Å². The number of methoxy groups -OCH3 is 2. The van der Waals surface area contributed by atoms with Crippen molar-refractivity contribution in [2.24, 2.45) is 0 Å². The maximum absolute atomic E-state index is 13.3. The minimum atomic E-state index is -0.595. The largest absolute Gasteiger partial charge is 0.497 e. The summed E-state index contributed by atoms with van der Waals surface area (Å²) in [6, 6.07) is 5.76. The number of thioether (sulfide) groups is 1. The highest BCUT2D eigenvalue weighted by Crippen LogP contribution is 2.38. The lowest BCUT2D eigenvalue weighted by Gasteiger charge is -2.36. The molecule has 4 rings (SSSR count). The Hall–Kier alpha value is -2.13. The van der Waals surface area contributed by atoms with Crippen LogP contribution in [0.4, 0.5) is 4.79 Å². The summed E-state index contributed by atoms with van der Waals surface area (Å²) in [4.78, 5) is 32.4. The van der Waals surface area contributed by atoms with E-state index >= 15 is 0 Å². The number of likely N-dealkylation sites (tertiary alicyclic amines) is 2. The van der Waals surface area contributed by atoms with Crippen molar-refractivity contribution in [2.45, 2.75) is 63.6 Å². The molecule has 2 atom stereocenters. The molecule has 3 aliphatic heterocycles. The molecule has 1 aromatic carbocycles. The molecule has 3 heterocycles. The predicted molar refractivity (Wildman–Crippen MR) is 137 cm³/mol. The van der Waals surface area contributed by atoms with E-state index in [1.807, 2.05) is 37.8 Å². The number of carbonyl (C=O) groups is 2. The molecule has 1 aromatic rings. The van der Waals surface area contributed by atoms with Gasteiger partial charge in [-0.25, -0.2) is 4.79 Å². The Balaban J connectivity index is 1.43. The fourth-order valence-corrected chi connectivity index (χ4v) is 6.32. The second kappa shape index (κ2) is 10.9. The van der Waals surface area contributed by atoms with Gasteiger partial charge in [0, 0.05) is 31.0 Å².